The number of hydrogen-bond donors (Lipinski definition) is 1. The number of hydrogen-bond acceptors (Lipinski definition) is 3. The van der Waals surface area contributed by atoms with Gasteiger partial charge in [0.25, 0.3) is 0 Å². The Morgan fingerprint density at radius 2 is 1.06 bits per heavy atom. The summed E-state index contributed by atoms with van der Waals surface area (Å²) in [6, 6.07) is 37.8. The highest BCUT2D eigenvalue weighted by Gasteiger charge is 2.18. The Balaban J connectivity index is 1.32. The molecule has 0 spiro atoms. The van der Waals surface area contributed by atoms with Crippen LogP contribution in [0.1, 0.15) is 11.1 Å². The molecule has 6 rings (SSSR count). The lowest BCUT2D eigenvalue weighted by Gasteiger charge is -2.19. The molecule has 5 aromatic rings. The van der Waals surface area contributed by atoms with Crippen LogP contribution in [-0.2, 0) is 0 Å². The van der Waals surface area contributed by atoms with E-state index in [-0.39, 0.29) is 0 Å². The molecular formula is C29H20ClN3. The smallest absolute Gasteiger partial charge is 0.198 e. The van der Waals surface area contributed by atoms with Crippen molar-refractivity contribution in [2.75, 3.05) is 0 Å². The van der Waals surface area contributed by atoms with E-state index in [1.54, 1.807) is 0 Å². The average molecular weight is 446 g/mol. The minimum atomic E-state index is -0.570. The van der Waals surface area contributed by atoms with Crippen LogP contribution in [0.2, 0.25) is 0 Å². The molecule has 33 heavy (non-hydrogen) atoms. The number of nitrogens with one attached hydrogen (secondary N) is 1. The van der Waals surface area contributed by atoms with E-state index in [0.717, 1.165) is 27.9 Å². The molecule has 0 radical (unpaired) electrons. The molecule has 1 unspecified atom stereocenters. The maximum absolute atomic E-state index is 6.43. The number of alkyl halides is 1. The van der Waals surface area contributed by atoms with Gasteiger partial charge in [-0.05, 0) is 44.8 Å². The molecule has 1 atom stereocenters. The monoisotopic (exact) mass is 445 g/mol. The van der Waals surface area contributed by atoms with Crippen molar-refractivity contribution < 1.29 is 0 Å². The highest BCUT2D eigenvalue weighted by atomic mass is 35.5. The van der Waals surface area contributed by atoms with E-state index in [1.807, 2.05) is 18.2 Å². The number of halogens is 1. The Labute approximate surface area is 197 Å². The predicted molar refractivity (Wildman–Crippen MR) is 139 cm³/mol. The summed E-state index contributed by atoms with van der Waals surface area (Å²) >= 11 is 6.43. The van der Waals surface area contributed by atoms with Gasteiger partial charge >= 0.3 is 0 Å². The van der Waals surface area contributed by atoms with Gasteiger partial charge in [-0.15, -0.1) is 0 Å². The first kappa shape index (κ1) is 19.7. The highest BCUT2D eigenvalue weighted by molar-refractivity contribution is 6.25. The molecule has 4 heteroatoms. The summed E-state index contributed by atoms with van der Waals surface area (Å²) in [5.74, 6) is 1.35. The van der Waals surface area contributed by atoms with Crippen LogP contribution in [0.25, 0.3) is 32.7 Å². The first-order valence-corrected chi connectivity index (χ1v) is 11.3. The Morgan fingerprint density at radius 3 is 1.73 bits per heavy atom. The molecule has 5 aromatic carbocycles. The molecule has 0 bridgehead atoms. The maximum Gasteiger partial charge on any atom is 0.198 e. The van der Waals surface area contributed by atoms with Crippen LogP contribution in [0.5, 0.6) is 0 Å². The predicted octanol–water partition coefficient (Wildman–Crippen LogP) is 6.98. The second-order valence-electron chi connectivity index (χ2n) is 8.09. The van der Waals surface area contributed by atoms with Gasteiger partial charge in [0.2, 0.25) is 0 Å². The molecule has 0 saturated heterocycles. The van der Waals surface area contributed by atoms with E-state index in [0.29, 0.717) is 5.84 Å². The van der Waals surface area contributed by atoms with E-state index in [4.69, 9.17) is 16.6 Å². The third-order valence-corrected chi connectivity index (χ3v) is 6.16. The van der Waals surface area contributed by atoms with E-state index in [1.165, 1.54) is 21.7 Å². The van der Waals surface area contributed by atoms with Gasteiger partial charge in [0.15, 0.2) is 11.5 Å². The van der Waals surface area contributed by atoms with Gasteiger partial charge in [-0.3, -0.25) is 0 Å². The van der Waals surface area contributed by atoms with Crippen LogP contribution in [0.3, 0.4) is 0 Å². The molecule has 1 aliphatic rings. The molecule has 0 fully saturated rings. The lowest BCUT2D eigenvalue weighted by atomic mass is 10.00. The average Bonchev–Trinajstić information content (AvgIpc) is 2.88. The van der Waals surface area contributed by atoms with Crippen molar-refractivity contribution in [3.63, 3.8) is 0 Å². The Hall–Kier alpha value is -3.95. The fourth-order valence-electron chi connectivity index (χ4n) is 4.22. The van der Waals surface area contributed by atoms with Crippen molar-refractivity contribution in [2.24, 2.45) is 9.98 Å². The topological polar surface area (TPSA) is 36.8 Å². The number of aliphatic imine (C=N–C) groups is 2. The highest BCUT2D eigenvalue weighted by Crippen LogP contribution is 2.25. The second-order valence-corrected chi connectivity index (χ2v) is 8.51. The Bertz CT molecular complexity index is 1550. The first-order chi connectivity index (χ1) is 16.2. The number of rotatable bonds is 3. The Kier molecular flexibility index (Phi) is 4.89. The summed E-state index contributed by atoms with van der Waals surface area (Å²) in [4.78, 5) is 9.31. The van der Waals surface area contributed by atoms with Gasteiger partial charge in [-0.2, -0.15) is 0 Å². The maximum atomic E-state index is 6.43. The van der Waals surface area contributed by atoms with Crippen molar-refractivity contribution >= 4 is 44.8 Å². The number of benzene rings is 5. The zero-order valence-electron chi connectivity index (χ0n) is 17.7. The normalized spacial score (nSPS) is 15.7. The van der Waals surface area contributed by atoms with Crippen LogP contribution < -0.4 is 5.32 Å². The summed E-state index contributed by atoms with van der Waals surface area (Å²) in [6.45, 7) is 0. The van der Waals surface area contributed by atoms with Gasteiger partial charge < -0.3 is 5.32 Å². The van der Waals surface area contributed by atoms with Crippen molar-refractivity contribution in [1.82, 2.24) is 5.32 Å². The van der Waals surface area contributed by atoms with Gasteiger partial charge in [0.05, 0.1) is 0 Å². The van der Waals surface area contributed by atoms with Crippen LogP contribution in [0, 0.1) is 0 Å². The standard InChI is InChI=1S/C29H20ClN3/c30-29-32-27(31-28(33-29)26-16-12-20-6-2-4-8-24(20)18-26)22-13-9-21(10-14-22)25-15-11-19-5-1-3-7-23(19)17-25/h1-18,29H,(H,31,32,33). The number of amidine groups is 2. The first-order valence-electron chi connectivity index (χ1n) is 10.9. The largest absolute Gasteiger partial charge is 0.335 e. The van der Waals surface area contributed by atoms with Gasteiger partial charge in [0, 0.05) is 11.1 Å². The minimum Gasteiger partial charge on any atom is -0.335 e. The van der Waals surface area contributed by atoms with Crippen molar-refractivity contribution in [3.8, 4) is 11.1 Å². The van der Waals surface area contributed by atoms with E-state index in [9.17, 15) is 0 Å². The van der Waals surface area contributed by atoms with Crippen molar-refractivity contribution in [3.05, 3.63) is 120 Å². The molecule has 3 nitrogen and oxygen atoms in total. The van der Waals surface area contributed by atoms with Gasteiger partial charge in [-0.1, -0.05) is 109 Å². The van der Waals surface area contributed by atoms with E-state index >= 15 is 0 Å². The van der Waals surface area contributed by atoms with Gasteiger partial charge in [0.1, 0.15) is 5.84 Å². The summed E-state index contributed by atoms with van der Waals surface area (Å²) in [7, 11) is 0. The zero-order valence-corrected chi connectivity index (χ0v) is 18.5. The molecular weight excluding hydrogens is 426 g/mol. The van der Waals surface area contributed by atoms with E-state index < -0.39 is 5.62 Å². The molecule has 158 valence electrons. The molecule has 0 aliphatic carbocycles. The van der Waals surface area contributed by atoms with Crippen LogP contribution in [0.4, 0.5) is 0 Å². The SMILES string of the molecule is ClC1N=C(c2ccc3ccccc3c2)N=C(c2ccc(-c3ccc4ccccc4c3)cc2)N1. The third-order valence-electron chi connectivity index (χ3n) is 5.96. The molecule has 1 heterocycles. The summed E-state index contributed by atoms with van der Waals surface area (Å²) in [6.07, 6.45) is 0. The molecule has 1 aliphatic heterocycles. The minimum absolute atomic E-state index is 0.570. The quantitative estimate of drug-likeness (QED) is 0.236. The summed E-state index contributed by atoms with van der Waals surface area (Å²) in [5.41, 5.74) is 3.70. The lowest BCUT2D eigenvalue weighted by Crippen LogP contribution is -2.35. The lowest BCUT2D eigenvalue weighted by molar-refractivity contribution is 0.832. The number of nitrogens with zero attached hydrogens (tertiary/aromatic N) is 2. The van der Waals surface area contributed by atoms with Crippen LogP contribution >= 0.6 is 11.6 Å². The van der Waals surface area contributed by atoms with Crippen LogP contribution in [-0.4, -0.2) is 17.3 Å². The summed E-state index contributed by atoms with van der Waals surface area (Å²) in [5, 5.41) is 8.00. The Morgan fingerprint density at radius 1 is 0.545 bits per heavy atom. The second kappa shape index (κ2) is 8.19. The fraction of sp³-hybridized carbons (Fsp3) is 0.0345. The van der Waals surface area contributed by atoms with Crippen LogP contribution in [0.15, 0.2) is 119 Å². The van der Waals surface area contributed by atoms with Gasteiger partial charge in [-0.25, -0.2) is 9.98 Å². The number of fused-ring (bicyclic) bond motifs is 2. The van der Waals surface area contributed by atoms with E-state index in [2.05, 4.69) is 101 Å². The zero-order chi connectivity index (χ0) is 22.2. The van der Waals surface area contributed by atoms with Crippen molar-refractivity contribution in [1.29, 1.82) is 0 Å². The fourth-order valence-corrected chi connectivity index (χ4v) is 4.42. The van der Waals surface area contributed by atoms with Crippen molar-refractivity contribution in [2.45, 2.75) is 5.62 Å². The molecule has 1 N–H and O–H groups in total. The summed E-state index contributed by atoms with van der Waals surface area (Å²) < 4.78 is 0. The molecule has 0 amide bonds. The molecule has 0 aromatic heterocycles. The molecule has 0 saturated carbocycles. The third kappa shape index (κ3) is 3.88.